The molecular weight excluding hydrogens is 369 g/mol. The Morgan fingerprint density at radius 1 is 1.24 bits per heavy atom. The summed E-state index contributed by atoms with van der Waals surface area (Å²) in [5.41, 5.74) is 1.16. The fraction of sp³-hybridized carbons (Fsp3) is 0.696. The van der Waals surface area contributed by atoms with Crippen LogP contribution in [0.2, 0.25) is 0 Å². The van der Waals surface area contributed by atoms with E-state index in [0.29, 0.717) is 44.0 Å². The van der Waals surface area contributed by atoms with Gasteiger partial charge in [0.2, 0.25) is 5.91 Å². The summed E-state index contributed by atoms with van der Waals surface area (Å²) >= 11 is 0. The van der Waals surface area contributed by atoms with Gasteiger partial charge in [0.1, 0.15) is 5.82 Å². The third kappa shape index (κ3) is 3.25. The van der Waals surface area contributed by atoms with Gasteiger partial charge in [-0.25, -0.2) is 4.39 Å². The number of hydrogen-bond acceptors (Lipinski definition) is 4. The van der Waals surface area contributed by atoms with E-state index in [1.165, 1.54) is 19.4 Å². The number of nitrogens with zero attached hydrogens (tertiary/aromatic N) is 2. The quantitative estimate of drug-likeness (QED) is 0.846. The minimum atomic E-state index is -0.434. The van der Waals surface area contributed by atoms with Gasteiger partial charge in [0.15, 0.2) is 0 Å². The Kier molecular flexibility index (Phi) is 5.03. The maximum atomic E-state index is 15.2. The summed E-state index contributed by atoms with van der Waals surface area (Å²) in [6.45, 7) is 7.10. The molecule has 4 fully saturated rings. The van der Waals surface area contributed by atoms with Crippen molar-refractivity contribution >= 4 is 11.6 Å². The molecule has 4 heterocycles. The van der Waals surface area contributed by atoms with Crippen LogP contribution in [0.4, 0.5) is 10.1 Å². The summed E-state index contributed by atoms with van der Waals surface area (Å²) in [5, 5.41) is 2.98. The zero-order valence-corrected chi connectivity index (χ0v) is 17.3. The van der Waals surface area contributed by atoms with Crippen molar-refractivity contribution in [3.05, 3.63) is 29.6 Å². The Labute approximate surface area is 172 Å². The maximum absolute atomic E-state index is 15.2. The lowest BCUT2D eigenvalue weighted by atomic mass is 9.68. The first-order chi connectivity index (χ1) is 14.1. The minimum Gasteiger partial charge on any atom is -0.381 e. The number of likely N-dealkylation sites (tertiary alicyclic amines) is 1. The van der Waals surface area contributed by atoms with E-state index < -0.39 is 5.41 Å². The molecule has 0 aromatic heterocycles. The average molecular weight is 402 g/mol. The number of carbonyl (C=O) groups is 1. The van der Waals surface area contributed by atoms with Gasteiger partial charge in [-0.3, -0.25) is 9.69 Å². The lowest BCUT2D eigenvalue weighted by molar-refractivity contribution is -0.134. The summed E-state index contributed by atoms with van der Waals surface area (Å²) in [4.78, 5) is 17.4. The highest BCUT2D eigenvalue weighted by atomic mass is 19.1. The molecule has 1 N–H and O–H groups in total. The second kappa shape index (κ2) is 7.55. The highest BCUT2D eigenvalue weighted by Crippen LogP contribution is 2.47. The molecule has 0 radical (unpaired) electrons. The predicted molar refractivity (Wildman–Crippen MR) is 111 cm³/mol. The second-order valence-electron chi connectivity index (χ2n) is 9.37. The van der Waals surface area contributed by atoms with Gasteiger partial charge in [-0.2, -0.15) is 0 Å². The number of anilines is 1. The summed E-state index contributed by atoms with van der Waals surface area (Å²) in [7, 11) is 0. The smallest absolute Gasteiger partial charge is 0.227 e. The van der Waals surface area contributed by atoms with E-state index in [1.807, 2.05) is 12.1 Å². The third-order valence-corrected chi connectivity index (χ3v) is 7.90. The van der Waals surface area contributed by atoms with E-state index in [-0.39, 0.29) is 17.6 Å². The number of carbonyl (C=O) groups excluding carboxylic acids is 1. The molecule has 1 aromatic rings. The second-order valence-corrected chi connectivity index (χ2v) is 9.37. The number of benzene rings is 1. The first-order valence-electron chi connectivity index (χ1n) is 11.2. The van der Waals surface area contributed by atoms with Crippen molar-refractivity contribution in [3.8, 4) is 0 Å². The predicted octanol–water partition coefficient (Wildman–Crippen LogP) is 2.90. The van der Waals surface area contributed by atoms with Crippen LogP contribution >= 0.6 is 0 Å². The van der Waals surface area contributed by atoms with Crippen LogP contribution in [0, 0.1) is 11.2 Å². The van der Waals surface area contributed by atoms with E-state index in [2.05, 4.69) is 22.0 Å². The number of amides is 1. The van der Waals surface area contributed by atoms with E-state index in [4.69, 9.17) is 4.74 Å². The topological polar surface area (TPSA) is 44.8 Å². The highest BCUT2D eigenvalue weighted by molar-refractivity contribution is 5.86. The molecular formula is C23H32FN3O2. The summed E-state index contributed by atoms with van der Waals surface area (Å²) < 4.78 is 20.9. The molecule has 2 unspecified atom stereocenters. The van der Waals surface area contributed by atoms with Gasteiger partial charge in [-0.1, -0.05) is 6.07 Å². The summed E-state index contributed by atoms with van der Waals surface area (Å²) in [5.74, 6) is -0.131. The molecule has 5 rings (SSSR count). The Hall–Kier alpha value is -1.66. The standard InChI is InChI=1S/C23H32FN3O2/c1-16-3-2-10-27(16)18-6-11-26(14-18)21-5-4-17(13-20(21)24)19-15-29-12-8-23(19)7-9-25-22(23)28/h4-5,13,16,18-19H,2-3,6-12,14-15H2,1H3,(H,25,28)/t16-,18-,19?,23?/m0/s1. The molecule has 0 aliphatic carbocycles. The van der Waals surface area contributed by atoms with Gasteiger partial charge < -0.3 is 15.0 Å². The van der Waals surface area contributed by atoms with Gasteiger partial charge >= 0.3 is 0 Å². The van der Waals surface area contributed by atoms with Crippen molar-refractivity contribution in [2.75, 3.05) is 44.3 Å². The van der Waals surface area contributed by atoms with Crippen LogP contribution in [-0.2, 0) is 9.53 Å². The van der Waals surface area contributed by atoms with Crippen molar-refractivity contribution < 1.29 is 13.9 Å². The number of nitrogens with one attached hydrogen (secondary N) is 1. The van der Waals surface area contributed by atoms with Crippen molar-refractivity contribution in [2.45, 2.75) is 57.0 Å². The number of rotatable bonds is 3. The summed E-state index contributed by atoms with van der Waals surface area (Å²) in [6, 6.07) is 6.79. The highest BCUT2D eigenvalue weighted by Gasteiger charge is 2.50. The molecule has 4 aliphatic heterocycles. The molecule has 4 atom stereocenters. The van der Waals surface area contributed by atoms with Crippen LogP contribution in [0.15, 0.2) is 18.2 Å². The lowest BCUT2D eigenvalue weighted by Crippen LogP contribution is -2.43. The molecule has 1 aromatic carbocycles. The van der Waals surface area contributed by atoms with Crippen LogP contribution in [-0.4, -0.2) is 62.3 Å². The molecule has 4 saturated heterocycles. The van der Waals surface area contributed by atoms with Crippen LogP contribution < -0.4 is 10.2 Å². The number of ether oxygens (including phenoxy) is 1. The number of hydrogen-bond donors (Lipinski definition) is 1. The van der Waals surface area contributed by atoms with Gasteiger partial charge in [0, 0.05) is 44.2 Å². The molecule has 4 aliphatic rings. The van der Waals surface area contributed by atoms with E-state index in [1.54, 1.807) is 6.07 Å². The van der Waals surface area contributed by atoms with Gasteiger partial charge in [-0.15, -0.1) is 0 Å². The zero-order valence-electron chi connectivity index (χ0n) is 17.3. The van der Waals surface area contributed by atoms with Crippen molar-refractivity contribution in [3.63, 3.8) is 0 Å². The molecule has 158 valence electrons. The summed E-state index contributed by atoms with van der Waals surface area (Å²) in [6.07, 6.45) is 5.18. The molecule has 0 bridgehead atoms. The van der Waals surface area contributed by atoms with Gasteiger partial charge in [0.05, 0.1) is 17.7 Å². The SMILES string of the molecule is C[C@H]1CCCN1[C@H]1CCN(c2ccc(C3COCCC34CCNC4=O)cc2F)C1. The van der Waals surface area contributed by atoms with Gasteiger partial charge in [-0.05, 0) is 63.3 Å². The first-order valence-corrected chi connectivity index (χ1v) is 11.2. The van der Waals surface area contributed by atoms with E-state index in [0.717, 1.165) is 31.5 Å². The largest absolute Gasteiger partial charge is 0.381 e. The fourth-order valence-electron chi connectivity index (χ4n) is 6.19. The van der Waals surface area contributed by atoms with E-state index >= 15 is 4.39 Å². The first kappa shape index (κ1) is 19.3. The normalized spacial score (nSPS) is 35.6. The molecule has 5 nitrogen and oxygen atoms in total. The lowest BCUT2D eigenvalue weighted by Gasteiger charge is -2.39. The van der Waals surface area contributed by atoms with Gasteiger partial charge in [0.25, 0.3) is 0 Å². The Bertz CT molecular complexity index is 787. The van der Waals surface area contributed by atoms with Crippen LogP contribution in [0.1, 0.15) is 50.5 Å². The van der Waals surface area contributed by atoms with Crippen LogP contribution in [0.5, 0.6) is 0 Å². The van der Waals surface area contributed by atoms with Crippen LogP contribution in [0.3, 0.4) is 0 Å². The molecule has 1 spiro atoms. The zero-order chi connectivity index (χ0) is 20.0. The maximum Gasteiger partial charge on any atom is 0.227 e. The minimum absolute atomic E-state index is 0.0703. The van der Waals surface area contributed by atoms with Crippen LogP contribution in [0.25, 0.3) is 0 Å². The molecule has 0 saturated carbocycles. The monoisotopic (exact) mass is 401 g/mol. The average Bonchev–Trinajstić information content (AvgIpc) is 3.44. The molecule has 1 amide bonds. The Balaban J connectivity index is 1.35. The van der Waals surface area contributed by atoms with Crippen molar-refractivity contribution in [2.24, 2.45) is 5.41 Å². The Morgan fingerprint density at radius 3 is 2.86 bits per heavy atom. The van der Waals surface area contributed by atoms with Crippen molar-refractivity contribution in [1.82, 2.24) is 10.2 Å². The van der Waals surface area contributed by atoms with Crippen molar-refractivity contribution in [1.29, 1.82) is 0 Å². The van der Waals surface area contributed by atoms with E-state index in [9.17, 15) is 4.79 Å². The molecule has 29 heavy (non-hydrogen) atoms. The Morgan fingerprint density at radius 2 is 2.14 bits per heavy atom. The third-order valence-electron chi connectivity index (χ3n) is 7.90. The fourth-order valence-corrected chi connectivity index (χ4v) is 6.19. The molecule has 6 heteroatoms. The number of halogens is 1.